The fourth-order valence-electron chi connectivity index (χ4n) is 1.46. The minimum atomic E-state index is -3.56. The van der Waals surface area contributed by atoms with Crippen molar-refractivity contribution in [2.75, 3.05) is 12.0 Å². The number of aliphatic hydroxyl groups excluding tert-OH is 1. The second-order valence-corrected chi connectivity index (χ2v) is 6.92. The molecule has 1 aromatic rings. The summed E-state index contributed by atoms with van der Waals surface area (Å²) in [7, 11) is -3.56. The number of rotatable bonds is 6. The predicted molar refractivity (Wildman–Crippen MR) is 75.5 cm³/mol. The van der Waals surface area contributed by atoms with E-state index in [9.17, 15) is 8.42 Å². The van der Waals surface area contributed by atoms with Gasteiger partial charge in [-0.25, -0.2) is 13.1 Å². The van der Waals surface area contributed by atoms with Crippen LogP contribution in [0.2, 0.25) is 5.02 Å². The van der Waals surface area contributed by atoms with Crippen LogP contribution in [0.1, 0.15) is 12.5 Å². The van der Waals surface area contributed by atoms with Gasteiger partial charge in [0.1, 0.15) is 0 Å². The maximum Gasteiger partial charge on any atom is 0.240 e. The molecular formula is C11H16ClNO3S2. The smallest absolute Gasteiger partial charge is 0.240 e. The Hall–Kier alpha value is -0.270. The van der Waals surface area contributed by atoms with Crippen molar-refractivity contribution in [2.24, 2.45) is 0 Å². The van der Waals surface area contributed by atoms with Crippen molar-refractivity contribution in [3.8, 4) is 0 Å². The maximum absolute atomic E-state index is 12.1. The fourth-order valence-corrected chi connectivity index (χ4v) is 3.62. The highest BCUT2D eigenvalue weighted by molar-refractivity contribution is 7.98. The number of halogens is 1. The molecule has 0 heterocycles. The Morgan fingerprint density at radius 2 is 2.17 bits per heavy atom. The molecule has 4 nitrogen and oxygen atoms in total. The van der Waals surface area contributed by atoms with Gasteiger partial charge in [-0.15, -0.1) is 0 Å². The molecule has 18 heavy (non-hydrogen) atoms. The zero-order valence-corrected chi connectivity index (χ0v) is 12.6. The molecule has 0 aliphatic rings. The second kappa shape index (κ2) is 6.77. The van der Waals surface area contributed by atoms with E-state index in [1.165, 1.54) is 18.2 Å². The molecular weight excluding hydrogens is 294 g/mol. The summed E-state index contributed by atoms with van der Waals surface area (Å²) in [6.45, 7) is 1.51. The van der Waals surface area contributed by atoms with E-state index in [1.807, 2.05) is 6.26 Å². The van der Waals surface area contributed by atoms with Crippen LogP contribution in [0.15, 0.2) is 23.1 Å². The number of sulfonamides is 1. The van der Waals surface area contributed by atoms with E-state index < -0.39 is 10.0 Å². The van der Waals surface area contributed by atoms with E-state index in [1.54, 1.807) is 18.7 Å². The van der Waals surface area contributed by atoms with E-state index in [2.05, 4.69) is 4.72 Å². The standard InChI is InChI=1S/C11H16ClNO3S2/c1-8(7-17-2)13-18(15,16)10-3-4-11(12)9(5-10)6-14/h3-5,8,13-14H,6-7H2,1-2H3. The lowest BCUT2D eigenvalue weighted by Gasteiger charge is -2.13. The highest BCUT2D eigenvalue weighted by Gasteiger charge is 2.18. The van der Waals surface area contributed by atoms with Gasteiger partial charge in [0, 0.05) is 16.8 Å². The molecule has 0 aliphatic heterocycles. The van der Waals surface area contributed by atoms with Crippen molar-refractivity contribution in [3.63, 3.8) is 0 Å². The largest absolute Gasteiger partial charge is 0.392 e. The van der Waals surface area contributed by atoms with Gasteiger partial charge in [-0.1, -0.05) is 11.6 Å². The van der Waals surface area contributed by atoms with Crippen LogP contribution in [0.3, 0.4) is 0 Å². The molecule has 1 atom stereocenters. The summed E-state index contributed by atoms with van der Waals surface area (Å²) in [5.74, 6) is 0.694. The van der Waals surface area contributed by atoms with Gasteiger partial charge in [0.15, 0.2) is 0 Å². The Bertz CT molecular complexity index is 505. The first-order valence-corrected chi connectivity index (χ1v) is 8.56. The number of benzene rings is 1. The number of thioether (sulfide) groups is 1. The third-order valence-corrected chi connectivity index (χ3v) is 5.06. The molecule has 0 radical (unpaired) electrons. The summed E-state index contributed by atoms with van der Waals surface area (Å²) in [5.41, 5.74) is 0.400. The molecule has 0 saturated heterocycles. The van der Waals surface area contributed by atoms with Crippen LogP contribution in [0.5, 0.6) is 0 Å². The van der Waals surface area contributed by atoms with Crippen molar-refractivity contribution in [2.45, 2.75) is 24.5 Å². The fraction of sp³-hybridized carbons (Fsp3) is 0.455. The summed E-state index contributed by atoms with van der Waals surface area (Å²) in [4.78, 5) is 0.115. The topological polar surface area (TPSA) is 66.4 Å². The van der Waals surface area contributed by atoms with Crippen molar-refractivity contribution in [1.29, 1.82) is 0 Å². The van der Waals surface area contributed by atoms with E-state index in [-0.39, 0.29) is 17.5 Å². The maximum atomic E-state index is 12.1. The molecule has 1 unspecified atom stereocenters. The predicted octanol–water partition coefficient (Wildman–Crippen LogP) is 1.86. The zero-order chi connectivity index (χ0) is 13.8. The van der Waals surface area contributed by atoms with Gasteiger partial charge in [-0.05, 0) is 36.9 Å². The summed E-state index contributed by atoms with van der Waals surface area (Å²) in [5, 5.41) is 9.43. The lowest BCUT2D eigenvalue weighted by molar-refractivity contribution is 0.281. The van der Waals surface area contributed by atoms with Crippen LogP contribution in [-0.2, 0) is 16.6 Å². The lowest BCUT2D eigenvalue weighted by atomic mass is 10.2. The van der Waals surface area contributed by atoms with Gasteiger partial charge in [-0.3, -0.25) is 0 Å². The van der Waals surface area contributed by atoms with Gasteiger partial charge in [-0.2, -0.15) is 11.8 Å². The molecule has 1 aromatic carbocycles. The van der Waals surface area contributed by atoms with Crippen molar-refractivity contribution in [3.05, 3.63) is 28.8 Å². The van der Waals surface area contributed by atoms with Crippen LogP contribution in [0, 0.1) is 0 Å². The zero-order valence-electron chi connectivity index (χ0n) is 10.2. The first kappa shape index (κ1) is 15.8. The third-order valence-electron chi connectivity index (χ3n) is 2.27. The van der Waals surface area contributed by atoms with E-state index in [0.717, 1.165) is 0 Å². The normalized spacial score (nSPS) is 13.6. The molecule has 102 valence electrons. The molecule has 0 aliphatic carbocycles. The summed E-state index contributed by atoms with van der Waals surface area (Å²) >= 11 is 7.39. The molecule has 0 aromatic heterocycles. The number of aliphatic hydroxyl groups is 1. The van der Waals surface area contributed by atoms with E-state index >= 15 is 0 Å². The molecule has 0 spiro atoms. The average molecular weight is 310 g/mol. The average Bonchev–Trinajstić information content (AvgIpc) is 2.28. The van der Waals surface area contributed by atoms with Crippen molar-refractivity contribution >= 4 is 33.4 Å². The van der Waals surface area contributed by atoms with Crippen molar-refractivity contribution in [1.82, 2.24) is 4.72 Å². The van der Waals surface area contributed by atoms with E-state index in [0.29, 0.717) is 16.3 Å². The minimum absolute atomic E-state index is 0.115. The Kier molecular flexibility index (Phi) is 5.94. The lowest BCUT2D eigenvalue weighted by Crippen LogP contribution is -2.34. The molecule has 0 bridgehead atoms. The Morgan fingerprint density at radius 3 is 2.72 bits per heavy atom. The SMILES string of the molecule is CSCC(C)NS(=O)(=O)c1ccc(Cl)c(CO)c1. The van der Waals surface area contributed by atoms with Crippen molar-refractivity contribution < 1.29 is 13.5 Å². The first-order chi connectivity index (χ1) is 8.40. The molecule has 2 N–H and O–H groups in total. The quantitative estimate of drug-likeness (QED) is 0.842. The van der Waals surface area contributed by atoms with Crippen LogP contribution < -0.4 is 4.72 Å². The van der Waals surface area contributed by atoms with Gasteiger partial charge >= 0.3 is 0 Å². The van der Waals surface area contributed by atoms with Gasteiger partial charge in [0.25, 0.3) is 0 Å². The summed E-state index contributed by atoms with van der Waals surface area (Å²) in [6.07, 6.45) is 1.91. The van der Waals surface area contributed by atoms with Crippen LogP contribution in [0.4, 0.5) is 0 Å². The Balaban J connectivity index is 2.98. The van der Waals surface area contributed by atoms with Crippen LogP contribution in [-0.4, -0.2) is 31.6 Å². The monoisotopic (exact) mass is 309 g/mol. The highest BCUT2D eigenvalue weighted by Crippen LogP contribution is 2.20. The first-order valence-electron chi connectivity index (χ1n) is 5.31. The Labute approximate surface area is 117 Å². The Morgan fingerprint density at radius 1 is 1.50 bits per heavy atom. The van der Waals surface area contributed by atoms with Crippen LogP contribution in [0.25, 0.3) is 0 Å². The number of hydrogen-bond donors (Lipinski definition) is 2. The molecule has 7 heteroatoms. The number of hydrogen-bond acceptors (Lipinski definition) is 4. The minimum Gasteiger partial charge on any atom is -0.392 e. The third kappa shape index (κ3) is 4.13. The van der Waals surface area contributed by atoms with E-state index in [4.69, 9.17) is 16.7 Å². The summed E-state index contributed by atoms with van der Waals surface area (Å²) in [6, 6.07) is 4.13. The van der Waals surface area contributed by atoms with Gasteiger partial charge in [0.2, 0.25) is 10.0 Å². The molecule has 0 amide bonds. The van der Waals surface area contributed by atoms with Gasteiger partial charge in [0.05, 0.1) is 11.5 Å². The van der Waals surface area contributed by atoms with Crippen LogP contribution >= 0.6 is 23.4 Å². The molecule has 0 saturated carbocycles. The summed E-state index contributed by atoms with van der Waals surface area (Å²) < 4.78 is 26.7. The second-order valence-electron chi connectivity index (χ2n) is 3.89. The molecule has 0 fully saturated rings. The molecule has 1 rings (SSSR count). The van der Waals surface area contributed by atoms with Gasteiger partial charge < -0.3 is 5.11 Å². The number of nitrogens with one attached hydrogen (secondary N) is 1. The highest BCUT2D eigenvalue weighted by atomic mass is 35.5.